The van der Waals surface area contributed by atoms with Crippen LogP contribution in [0.25, 0.3) is 11.3 Å². The molecule has 0 aromatic carbocycles. The van der Waals surface area contributed by atoms with Gasteiger partial charge in [-0.25, -0.2) is 0 Å². The largest absolute Gasteiger partial charge is 0.402 e. The molecule has 3 aliphatic carbocycles. The van der Waals surface area contributed by atoms with Gasteiger partial charge in [0.15, 0.2) is 0 Å². The predicted octanol–water partition coefficient (Wildman–Crippen LogP) is 4.09. The van der Waals surface area contributed by atoms with Gasteiger partial charge in [-0.15, -0.1) is 0 Å². The number of hydrogen-bond acceptors (Lipinski definition) is 4. The second kappa shape index (κ2) is 8.26. The van der Waals surface area contributed by atoms with Gasteiger partial charge < -0.3 is 0 Å². The van der Waals surface area contributed by atoms with Crippen molar-refractivity contribution in [1.29, 1.82) is 0 Å². The van der Waals surface area contributed by atoms with E-state index >= 15 is 0 Å². The molecule has 36 heavy (non-hydrogen) atoms. The van der Waals surface area contributed by atoms with Crippen molar-refractivity contribution in [2.24, 2.45) is 18.9 Å². The van der Waals surface area contributed by atoms with Crippen molar-refractivity contribution in [1.82, 2.24) is 23.8 Å². The van der Waals surface area contributed by atoms with Crippen LogP contribution < -0.4 is 4.72 Å². The Morgan fingerprint density at radius 1 is 1.17 bits per heavy atom. The number of halogens is 3. The summed E-state index contributed by atoms with van der Waals surface area (Å²) in [6.07, 6.45) is 7.55. The number of alkyl halides is 3. The first-order valence-corrected chi connectivity index (χ1v) is 13.7. The third kappa shape index (κ3) is 4.01. The fourth-order valence-corrected chi connectivity index (χ4v) is 8.33. The summed E-state index contributed by atoms with van der Waals surface area (Å²) in [5.41, 5.74) is 3.15. The Balaban J connectivity index is 1.47. The molecule has 0 radical (unpaired) electrons. The van der Waals surface area contributed by atoms with E-state index in [1.165, 1.54) is 0 Å². The number of fused-ring (bicyclic) bond motifs is 3. The molecule has 6 rings (SSSR count). The fourth-order valence-electron chi connectivity index (χ4n) is 6.74. The zero-order chi connectivity index (χ0) is 25.3. The highest BCUT2D eigenvalue weighted by Crippen LogP contribution is 2.53. The van der Waals surface area contributed by atoms with Crippen molar-refractivity contribution in [3.05, 3.63) is 59.6 Å². The third-order valence-corrected chi connectivity index (χ3v) is 9.78. The summed E-state index contributed by atoms with van der Waals surface area (Å²) in [7, 11) is -2.54. The van der Waals surface area contributed by atoms with Crippen LogP contribution in [-0.2, 0) is 17.3 Å². The Hall–Kier alpha value is -2.50. The van der Waals surface area contributed by atoms with E-state index in [2.05, 4.69) is 15.8 Å². The third-order valence-electron chi connectivity index (χ3n) is 8.22. The second-order valence-electron chi connectivity index (χ2n) is 10.6. The van der Waals surface area contributed by atoms with Gasteiger partial charge in [-0.3, -0.25) is 9.67 Å². The average Bonchev–Trinajstić information content (AvgIpc) is 3.42. The van der Waals surface area contributed by atoms with Crippen LogP contribution in [0.2, 0.25) is 0 Å². The van der Waals surface area contributed by atoms with E-state index in [1.54, 1.807) is 17.1 Å². The van der Waals surface area contributed by atoms with E-state index in [0.29, 0.717) is 28.3 Å². The van der Waals surface area contributed by atoms with Gasteiger partial charge in [-0.05, 0) is 73.3 Å². The molecule has 2 aromatic rings. The summed E-state index contributed by atoms with van der Waals surface area (Å²) in [5.74, 6) is 0.421. The zero-order valence-electron chi connectivity index (χ0n) is 19.9. The van der Waals surface area contributed by atoms with Crippen LogP contribution in [-0.4, -0.2) is 52.3 Å². The van der Waals surface area contributed by atoms with Gasteiger partial charge >= 0.3 is 6.18 Å². The minimum atomic E-state index is -4.64. The van der Waals surface area contributed by atoms with Crippen molar-refractivity contribution < 1.29 is 21.6 Å². The molecule has 1 spiro atoms. The molecule has 1 saturated heterocycles. The Morgan fingerprint density at radius 2 is 1.89 bits per heavy atom. The predicted molar refractivity (Wildman–Crippen MR) is 128 cm³/mol. The molecular weight excluding hydrogens is 491 g/mol. The number of aryl methyl sites for hydroxylation is 1. The highest BCUT2D eigenvalue weighted by atomic mass is 32.2. The van der Waals surface area contributed by atoms with E-state index in [4.69, 9.17) is 5.10 Å². The van der Waals surface area contributed by atoms with Crippen molar-refractivity contribution in [3.8, 4) is 11.3 Å². The van der Waals surface area contributed by atoms with Crippen molar-refractivity contribution >= 4 is 10.2 Å². The van der Waals surface area contributed by atoms with Gasteiger partial charge in [0.25, 0.3) is 10.2 Å². The van der Waals surface area contributed by atoms with Gasteiger partial charge in [-0.1, -0.05) is 12.2 Å². The first-order chi connectivity index (χ1) is 17.0. The van der Waals surface area contributed by atoms with Gasteiger partial charge in [0.2, 0.25) is 0 Å². The van der Waals surface area contributed by atoms with Gasteiger partial charge in [-0.2, -0.15) is 35.7 Å². The zero-order valence-corrected chi connectivity index (χ0v) is 20.7. The maximum Gasteiger partial charge on any atom is 0.402 e. The molecule has 3 heterocycles. The standard InChI is InChI=1S/C25H28F3N5O2S/c1-32-23(18-6-8-29-9-7-18)13-22(30-32)20-5-4-19-11-16-2-3-17(10-16)12-21(19)24(20)14-33(15-25(26,27)28)36(34,35)31-24/h4-9,13,16-17,20,31H,2-3,10-12,14-15H2,1H3/t16-,17+,20?,24?/m0/s1. The summed E-state index contributed by atoms with van der Waals surface area (Å²) in [6, 6.07) is 5.62. The first kappa shape index (κ1) is 23.9. The van der Waals surface area contributed by atoms with Crippen LogP contribution in [0.4, 0.5) is 13.2 Å². The van der Waals surface area contributed by atoms with E-state index in [0.717, 1.165) is 48.1 Å². The Morgan fingerprint density at radius 3 is 2.61 bits per heavy atom. The molecule has 1 saturated carbocycles. The van der Waals surface area contributed by atoms with Gasteiger partial charge in [0.1, 0.15) is 6.54 Å². The summed E-state index contributed by atoms with van der Waals surface area (Å²) in [4.78, 5) is 4.06. The molecule has 2 unspecified atom stereocenters. The van der Waals surface area contributed by atoms with Crippen LogP contribution in [0.15, 0.2) is 53.9 Å². The number of hydrogen-bond donors (Lipinski definition) is 1. The van der Waals surface area contributed by atoms with E-state index in [9.17, 15) is 21.6 Å². The van der Waals surface area contributed by atoms with Crippen LogP contribution in [0.5, 0.6) is 0 Å². The minimum absolute atomic E-state index is 0.277. The highest BCUT2D eigenvalue weighted by molar-refractivity contribution is 7.87. The van der Waals surface area contributed by atoms with Crippen LogP contribution in [0, 0.1) is 11.8 Å². The molecule has 4 aliphatic rings. The SMILES string of the molecule is Cn1nc(C2C=CC3=C(C[C@@H]4CC[C@H](C3)C4)C23CN(CC(F)(F)F)S(=O)(=O)N3)cc1-c1ccncc1. The van der Waals surface area contributed by atoms with Crippen molar-refractivity contribution in [2.45, 2.75) is 49.7 Å². The quantitative estimate of drug-likeness (QED) is 0.663. The summed E-state index contributed by atoms with van der Waals surface area (Å²) < 4.78 is 71.5. The number of nitrogens with zero attached hydrogens (tertiary/aromatic N) is 4. The Kier molecular flexibility index (Phi) is 5.47. The molecule has 11 heteroatoms. The number of pyridine rings is 1. The first-order valence-electron chi connectivity index (χ1n) is 12.2. The monoisotopic (exact) mass is 519 g/mol. The average molecular weight is 520 g/mol. The molecular formula is C25H28F3N5O2S. The van der Waals surface area contributed by atoms with Crippen LogP contribution >= 0.6 is 0 Å². The smallest absolute Gasteiger partial charge is 0.268 e. The number of nitrogens with one attached hydrogen (secondary N) is 1. The van der Waals surface area contributed by atoms with Crippen molar-refractivity contribution in [3.63, 3.8) is 0 Å². The summed E-state index contributed by atoms with van der Waals surface area (Å²) in [6.45, 7) is -1.79. The maximum absolute atomic E-state index is 13.4. The Bertz CT molecular complexity index is 1350. The highest BCUT2D eigenvalue weighted by Gasteiger charge is 2.58. The molecule has 2 aromatic heterocycles. The van der Waals surface area contributed by atoms with Crippen LogP contribution in [0.1, 0.15) is 43.7 Å². The van der Waals surface area contributed by atoms with E-state index in [1.807, 2.05) is 31.3 Å². The fraction of sp³-hybridized carbons (Fsp3) is 0.520. The number of allylic oxidation sites excluding steroid dienone is 2. The van der Waals surface area contributed by atoms with Gasteiger partial charge in [0, 0.05) is 37.5 Å². The minimum Gasteiger partial charge on any atom is -0.268 e. The number of rotatable bonds is 3. The molecule has 7 nitrogen and oxygen atoms in total. The van der Waals surface area contributed by atoms with Crippen molar-refractivity contribution in [2.75, 3.05) is 13.1 Å². The van der Waals surface area contributed by atoms with Crippen LogP contribution in [0.3, 0.4) is 0 Å². The maximum atomic E-state index is 13.4. The topological polar surface area (TPSA) is 80.1 Å². The summed E-state index contributed by atoms with van der Waals surface area (Å²) in [5, 5.41) is 4.73. The lowest BCUT2D eigenvalue weighted by Crippen LogP contribution is -2.52. The lowest BCUT2D eigenvalue weighted by atomic mass is 9.68. The second-order valence-corrected chi connectivity index (χ2v) is 12.2. The normalized spacial score (nSPS) is 31.7. The molecule has 0 amide bonds. The summed E-state index contributed by atoms with van der Waals surface area (Å²) >= 11 is 0. The molecule has 1 N–H and O–H groups in total. The lowest BCUT2D eigenvalue weighted by Gasteiger charge is -2.41. The van der Waals surface area contributed by atoms with Gasteiger partial charge in [0.05, 0.1) is 16.9 Å². The van der Waals surface area contributed by atoms with E-state index < -0.39 is 34.4 Å². The lowest BCUT2D eigenvalue weighted by molar-refractivity contribution is -0.136. The Labute approximate surface area is 208 Å². The molecule has 2 bridgehead atoms. The molecule has 192 valence electrons. The molecule has 2 fully saturated rings. The molecule has 4 atom stereocenters. The van der Waals surface area contributed by atoms with E-state index in [-0.39, 0.29) is 6.54 Å². The molecule has 1 aliphatic heterocycles. The number of aromatic nitrogens is 3.